The molecule has 0 spiro atoms. The zero-order chi connectivity index (χ0) is 15.4. The molecule has 0 bridgehead atoms. The van der Waals surface area contributed by atoms with Gasteiger partial charge in [0.05, 0.1) is 0 Å². The van der Waals surface area contributed by atoms with Gasteiger partial charge in [-0.25, -0.2) is 8.78 Å². The van der Waals surface area contributed by atoms with Crippen LogP contribution in [0.15, 0.2) is 42.5 Å². The lowest BCUT2D eigenvalue weighted by molar-refractivity contribution is 0.0942. The standard InChI is InChI=1S/C16H16F2N2O/c1-10-7-8-12(17)14(15(10)18)16(21)20-9-13(19)11-5-3-2-4-6-11/h2-8,13H,9,19H2,1H3,(H,20,21). The van der Waals surface area contributed by atoms with E-state index in [-0.39, 0.29) is 12.1 Å². The van der Waals surface area contributed by atoms with E-state index < -0.39 is 29.1 Å². The van der Waals surface area contributed by atoms with Crippen LogP contribution in [-0.2, 0) is 0 Å². The van der Waals surface area contributed by atoms with E-state index in [2.05, 4.69) is 5.32 Å². The van der Waals surface area contributed by atoms with Crippen LogP contribution in [-0.4, -0.2) is 12.5 Å². The van der Waals surface area contributed by atoms with Gasteiger partial charge in [-0.15, -0.1) is 0 Å². The molecule has 3 N–H and O–H groups in total. The normalized spacial score (nSPS) is 12.0. The van der Waals surface area contributed by atoms with E-state index in [1.807, 2.05) is 30.3 Å². The first kappa shape index (κ1) is 15.1. The molecule has 0 fully saturated rings. The van der Waals surface area contributed by atoms with Gasteiger partial charge in [-0.1, -0.05) is 36.4 Å². The van der Waals surface area contributed by atoms with Gasteiger partial charge >= 0.3 is 0 Å². The number of carbonyl (C=O) groups excluding carboxylic acids is 1. The Morgan fingerprint density at radius 1 is 1.19 bits per heavy atom. The van der Waals surface area contributed by atoms with Gasteiger partial charge in [0.25, 0.3) is 5.91 Å². The SMILES string of the molecule is Cc1ccc(F)c(C(=O)NCC(N)c2ccccc2)c1F. The molecule has 0 radical (unpaired) electrons. The Morgan fingerprint density at radius 2 is 1.86 bits per heavy atom. The highest BCUT2D eigenvalue weighted by Crippen LogP contribution is 2.16. The van der Waals surface area contributed by atoms with Gasteiger partial charge in [0, 0.05) is 12.6 Å². The average molecular weight is 290 g/mol. The number of halogens is 2. The molecule has 0 saturated heterocycles. The van der Waals surface area contributed by atoms with Crippen LogP contribution >= 0.6 is 0 Å². The summed E-state index contributed by atoms with van der Waals surface area (Å²) in [5.74, 6) is -2.54. The lowest BCUT2D eigenvalue weighted by Gasteiger charge is -2.14. The third-order valence-corrected chi connectivity index (χ3v) is 3.22. The predicted molar refractivity (Wildman–Crippen MR) is 76.8 cm³/mol. The fourth-order valence-electron chi connectivity index (χ4n) is 1.97. The van der Waals surface area contributed by atoms with Gasteiger partial charge in [0.15, 0.2) is 0 Å². The van der Waals surface area contributed by atoms with Crippen LogP contribution in [0.1, 0.15) is 27.5 Å². The summed E-state index contributed by atoms with van der Waals surface area (Å²) in [4.78, 5) is 11.9. The number of benzene rings is 2. The molecule has 0 aliphatic rings. The highest BCUT2D eigenvalue weighted by atomic mass is 19.1. The summed E-state index contributed by atoms with van der Waals surface area (Å²) in [5.41, 5.74) is 6.40. The third-order valence-electron chi connectivity index (χ3n) is 3.22. The smallest absolute Gasteiger partial charge is 0.257 e. The maximum atomic E-state index is 13.8. The van der Waals surface area contributed by atoms with E-state index in [0.29, 0.717) is 0 Å². The molecular formula is C16H16F2N2O. The molecule has 0 aliphatic heterocycles. The molecule has 1 atom stereocenters. The van der Waals surface area contributed by atoms with E-state index in [9.17, 15) is 13.6 Å². The van der Waals surface area contributed by atoms with Crippen molar-refractivity contribution in [1.29, 1.82) is 0 Å². The summed E-state index contributed by atoms with van der Waals surface area (Å²) in [7, 11) is 0. The number of nitrogens with two attached hydrogens (primary N) is 1. The number of rotatable bonds is 4. The van der Waals surface area contributed by atoms with E-state index in [1.54, 1.807) is 0 Å². The molecule has 0 heterocycles. The van der Waals surface area contributed by atoms with Crippen molar-refractivity contribution in [3.63, 3.8) is 0 Å². The number of aryl methyl sites for hydroxylation is 1. The zero-order valence-electron chi connectivity index (χ0n) is 11.6. The Morgan fingerprint density at radius 3 is 2.52 bits per heavy atom. The number of carbonyl (C=O) groups is 1. The Balaban J connectivity index is 2.08. The second kappa shape index (κ2) is 6.45. The van der Waals surface area contributed by atoms with Crippen LogP contribution in [0.25, 0.3) is 0 Å². The molecule has 21 heavy (non-hydrogen) atoms. The molecule has 110 valence electrons. The summed E-state index contributed by atoms with van der Waals surface area (Å²) in [6.45, 7) is 1.57. The molecule has 2 rings (SSSR count). The maximum absolute atomic E-state index is 13.8. The van der Waals surface area contributed by atoms with Crippen molar-refractivity contribution in [2.75, 3.05) is 6.54 Å². The first-order valence-electron chi connectivity index (χ1n) is 6.54. The first-order chi connectivity index (χ1) is 10.0. The molecule has 1 amide bonds. The third kappa shape index (κ3) is 3.44. The van der Waals surface area contributed by atoms with Crippen molar-refractivity contribution in [2.45, 2.75) is 13.0 Å². The van der Waals surface area contributed by atoms with E-state index in [0.717, 1.165) is 11.6 Å². The van der Waals surface area contributed by atoms with E-state index in [4.69, 9.17) is 5.73 Å². The van der Waals surface area contributed by atoms with Crippen LogP contribution in [0.3, 0.4) is 0 Å². The van der Waals surface area contributed by atoms with Crippen molar-refractivity contribution in [3.05, 3.63) is 70.8 Å². The number of hydrogen-bond acceptors (Lipinski definition) is 2. The summed E-state index contributed by atoms with van der Waals surface area (Å²) in [5, 5.41) is 2.46. The molecule has 1 unspecified atom stereocenters. The maximum Gasteiger partial charge on any atom is 0.257 e. The quantitative estimate of drug-likeness (QED) is 0.909. The second-order valence-corrected chi connectivity index (χ2v) is 4.78. The van der Waals surface area contributed by atoms with E-state index >= 15 is 0 Å². The number of nitrogens with one attached hydrogen (secondary N) is 1. The van der Waals surface area contributed by atoms with Crippen molar-refractivity contribution in [3.8, 4) is 0 Å². The Hall–Kier alpha value is -2.27. The Bertz CT molecular complexity index is 644. The Labute approximate surface area is 121 Å². The van der Waals surface area contributed by atoms with Gasteiger partial charge in [-0.2, -0.15) is 0 Å². The molecule has 0 aromatic heterocycles. The fourth-order valence-corrected chi connectivity index (χ4v) is 1.97. The predicted octanol–water partition coefficient (Wildman–Crippen LogP) is 2.70. The minimum Gasteiger partial charge on any atom is -0.350 e. The van der Waals surface area contributed by atoms with Crippen molar-refractivity contribution in [1.82, 2.24) is 5.32 Å². The van der Waals surface area contributed by atoms with Crippen molar-refractivity contribution >= 4 is 5.91 Å². The lowest BCUT2D eigenvalue weighted by Crippen LogP contribution is -2.33. The average Bonchev–Trinajstić information content (AvgIpc) is 2.50. The lowest BCUT2D eigenvalue weighted by atomic mass is 10.1. The molecule has 0 aliphatic carbocycles. The molecule has 3 nitrogen and oxygen atoms in total. The topological polar surface area (TPSA) is 55.1 Å². The van der Waals surface area contributed by atoms with Gasteiger partial charge in [0.1, 0.15) is 17.2 Å². The van der Waals surface area contributed by atoms with Crippen molar-refractivity contribution in [2.24, 2.45) is 5.73 Å². The Kier molecular flexibility index (Phi) is 4.65. The second-order valence-electron chi connectivity index (χ2n) is 4.78. The van der Waals surface area contributed by atoms with Crippen LogP contribution in [0.5, 0.6) is 0 Å². The van der Waals surface area contributed by atoms with Gasteiger partial charge in [-0.05, 0) is 24.1 Å². The largest absolute Gasteiger partial charge is 0.350 e. The van der Waals surface area contributed by atoms with Crippen LogP contribution in [0, 0.1) is 18.6 Å². The summed E-state index contributed by atoms with van der Waals surface area (Å²) in [6.07, 6.45) is 0. The molecule has 2 aromatic carbocycles. The van der Waals surface area contributed by atoms with Gasteiger partial charge in [0.2, 0.25) is 0 Å². The minimum atomic E-state index is -0.885. The summed E-state index contributed by atoms with van der Waals surface area (Å²) < 4.78 is 27.4. The molecular weight excluding hydrogens is 274 g/mol. The highest BCUT2D eigenvalue weighted by molar-refractivity contribution is 5.95. The monoisotopic (exact) mass is 290 g/mol. The highest BCUT2D eigenvalue weighted by Gasteiger charge is 2.19. The van der Waals surface area contributed by atoms with Crippen LogP contribution < -0.4 is 11.1 Å². The molecule has 5 heteroatoms. The zero-order valence-corrected chi connectivity index (χ0v) is 11.6. The first-order valence-corrected chi connectivity index (χ1v) is 6.54. The number of amides is 1. The van der Waals surface area contributed by atoms with Gasteiger partial charge < -0.3 is 11.1 Å². The summed E-state index contributed by atoms with van der Waals surface area (Å²) >= 11 is 0. The molecule has 0 saturated carbocycles. The summed E-state index contributed by atoms with van der Waals surface area (Å²) in [6, 6.07) is 11.1. The minimum absolute atomic E-state index is 0.0929. The van der Waals surface area contributed by atoms with E-state index in [1.165, 1.54) is 13.0 Å². The van der Waals surface area contributed by atoms with Crippen LogP contribution in [0.4, 0.5) is 8.78 Å². The van der Waals surface area contributed by atoms with Gasteiger partial charge in [-0.3, -0.25) is 4.79 Å². The number of hydrogen-bond donors (Lipinski definition) is 2. The molecule has 2 aromatic rings. The fraction of sp³-hybridized carbons (Fsp3) is 0.188. The van der Waals surface area contributed by atoms with Crippen LogP contribution in [0.2, 0.25) is 0 Å². The van der Waals surface area contributed by atoms with Crippen molar-refractivity contribution < 1.29 is 13.6 Å².